The van der Waals surface area contributed by atoms with Crippen molar-refractivity contribution in [1.29, 1.82) is 0 Å². The highest BCUT2D eigenvalue weighted by Crippen LogP contribution is 2.24. The van der Waals surface area contributed by atoms with Gasteiger partial charge in [0.2, 0.25) is 5.91 Å². The Balaban J connectivity index is 1.67. The van der Waals surface area contributed by atoms with E-state index in [1.807, 2.05) is 0 Å². The highest BCUT2D eigenvalue weighted by molar-refractivity contribution is 7.14. The summed E-state index contributed by atoms with van der Waals surface area (Å²) in [5.74, 6) is -0.327. The number of carbonyl (C=O) groups excluding carboxylic acids is 2. The van der Waals surface area contributed by atoms with Crippen LogP contribution in [0.3, 0.4) is 0 Å². The number of nitro benzene ring substituents is 1. The summed E-state index contributed by atoms with van der Waals surface area (Å²) in [7, 11) is 0. The number of nitrogens with one attached hydrogen (secondary N) is 2. The largest absolute Gasteiger partial charge is 0.336 e. The maximum absolute atomic E-state index is 12.2. The molecule has 0 bridgehead atoms. The van der Waals surface area contributed by atoms with Gasteiger partial charge in [0.25, 0.3) is 5.69 Å². The molecule has 1 fully saturated rings. The lowest BCUT2D eigenvalue weighted by Gasteiger charge is -2.09. The average Bonchev–Trinajstić information content (AvgIpc) is 3.17. The van der Waals surface area contributed by atoms with E-state index in [-0.39, 0.29) is 24.0 Å². The highest BCUT2D eigenvalue weighted by Gasteiger charge is 2.24. The lowest BCUT2D eigenvalue weighted by molar-refractivity contribution is -0.384. The lowest BCUT2D eigenvalue weighted by atomic mass is 10.1. The summed E-state index contributed by atoms with van der Waals surface area (Å²) in [6.07, 6.45) is 0.0219. The van der Waals surface area contributed by atoms with Gasteiger partial charge >= 0.3 is 6.03 Å². The second-order valence-electron chi connectivity index (χ2n) is 5.49. The Bertz CT molecular complexity index is 850. The molecule has 0 atom stereocenters. The smallest absolute Gasteiger partial charge is 0.323 e. The number of urea groups is 1. The van der Waals surface area contributed by atoms with Gasteiger partial charge in [-0.05, 0) is 12.5 Å². The Morgan fingerprint density at radius 2 is 2.32 bits per heavy atom. The number of nitro groups is 1. The summed E-state index contributed by atoms with van der Waals surface area (Å²) >= 11 is 1.29. The van der Waals surface area contributed by atoms with E-state index in [0.717, 1.165) is 5.56 Å². The van der Waals surface area contributed by atoms with Crippen LogP contribution in [-0.4, -0.2) is 34.9 Å². The van der Waals surface area contributed by atoms with E-state index in [1.165, 1.54) is 28.4 Å². The van der Waals surface area contributed by atoms with Crippen molar-refractivity contribution in [3.8, 4) is 0 Å². The molecular formula is C15H15N5O4S. The molecule has 1 aromatic heterocycles. The molecule has 0 saturated carbocycles. The number of non-ortho nitro benzene ring substituents is 1. The normalized spacial score (nSPS) is 13.6. The maximum Gasteiger partial charge on any atom is 0.323 e. The Morgan fingerprint density at radius 3 is 3.00 bits per heavy atom. The summed E-state index contributed by atoms with van der Waals surface area (Å²) in [5, 5.41) is 18.5. The maximum atomic E-state index is 12.2. The van der Waals surface area contributed by atoms with Gasteiger partial charge in [0.1, 0.15) is 0 Å². The van der Waals surface area contributed by atoms with Gasteiger partial charge in [-0.1, -0.05) is 6.07 Å². The fourth-order valence-electron chi connectivity index (χ4n) is 2.37. The molecular weight excluding hydrogens is 346 g/mol. The predicted molar refractivity (Wildman–Crippen MR) is 93.0 cm³/mol. The first-order chi connectivity index (χ1) is 11.9. The van der Waals surface area contributed by atoms with Gasteiger partial charge in [-0.15, -0.1) is 11.3 Å². The number of anilines is 2. The molecule has 2 N–H and O–H groups in total. The van der Waals surface area contributed by atoms with E-state index in [2.05, 4.69) is 15.6 Å². The van der Waals surface area contributed by atoms with Crippen molar-refractivity contribution >= 4 is 39.8 Å². The van der Waals surface area contributed by atoms with Gasteiger partial charge in [0.15, 0.2) is 5.13 Å². The molecule has 25 heavy (non-hydrogen) atoms. The van der Waals surface area contributed by atoms with E-state index in [1.54, 1.807) is 18.4 Å². The molecule has 1 aliphatic heterocycles. The second kappa shape index (κ2) is 6.85. The van der Waals surface area contributed by atoms with Crippen LogP contribution in [0.25, 0.3) is 0 Å². The Kier molecular flexibility index (Phi) is 4.61. The minimum Gasteiger partial charge on any atom is -0.336 e. The topological polar surface area (TPSA) is 117 Å². The third-order valence-corrected chi connectivity index (χ3v) is 4.59. The number of amides is 3. The van der Waals surface area contributed by atoms with Crippen LogP contribution in [0.4, 0.5) is 21.3 Å². The zero-order chi connectivity index (χ0) is 18.0. The third kappa shape index (κ3) is 3.74. The quantitative estimate of drug-likeness (QED) is 0.624. The fraction of sp³-hybridized carbons (Fsp3) is 0.267. The standard InChI is InChI=1S/C15H15N5O4S/c1-9-2-3-11(20(23)24)7-12(9)18-13(21)6-10-8-25-15(17-10)19-5-4-16-14(19)22/h2-3,7-8H,4-6H2,1H3,(H,16,22)(H,18,21). The predicted octanol–water partition coefficient (Wildman–Crippen LogP) is 2.07. The molecule has 3 amide bonds. The molecule has 9 nitrogen and oxygen atoms in total. The van der Waals surface area contributed by atoms with E-state index in [4.69, 9.17) is 0 Å². The van der Waals surface area contributed by atoms with Crippen LogP contribution in [0.2, 0.25) is 0 Å². The first-order valence-corrected chi connectivity index (χ1v) is 8.36. The van der Waals surface area contributed by atoms with Crippen molar-refractivity contribution in [2.45, 2.75) is 13.3 Å². The van der Waals surface area contributed by atoms with Crippen LogP contribution in [0.5, 0.6) is 0 Å². The number of hydrogen-bond donors (Lipinski definition) is 2. The molecule has 0 unspecified atom stereocenters. The zero-order valence-electron chi connectivity index (χ0n) is 13.3. The molecule has 0 spiro atoms. The zero-order valence-corrected chi connectivity index (χ0v) is 14.1. The number of rotatable bonds is 5. The van der Waals surface area contributed by atoms with Crippen LogP contribution < -0.4 is 15.5 Å². The number of thiazole rings is 1. The van der Waals surface area contributed by atoms with Gasteiger partial charge in [-0.25, -0.2) is 9.78 Å². The molecule has 1 aromatic carbocycles. The van der Waals surface area contributed by atoms with Crippen molar-refractivity contribution in [3.05, 3.63) is 45.0 Å². The Labute approximate surface area is 146 Å². The minimum atomic E-state index is -0.511. The minimum absolute atomic E-state index is 0.0219. The monoisotopic (exact) mass is 361 g/mol. The van der Waals surface area contributed by atoms with Crippen molar-refractivity contribution in [1.82, 2.24) is 10.3 Å². The lowest BCUT2D eigenvalue weighted by Crippen LogP contribution is -2.27. The summed E-state index contributed by atoms with van der Waals surface area (Å²) in [5.41, 5.74) is 1.58. The second-order valence-corrected chi connectivity index (χ2v) is 6.32. The van der Waals surface area contributed by atoms with E-state index in [9.17, 15) is 19.7 Å². The number of aromatic nitrogens is 1. The highest BCUT2D eigenvalue weighted by atomic mass is 32.1. The van der Waals surface area contributed by atoms with Crippen LogP contribution in [0.15, 0.2) is 23.6 Å². The number of benzene rings is 1. The van der Waals surface area contributed by atoms with Gasteiger partial charge in [-0.3, -0.25) is 19.8 Å². The summed E-state index contributed by atoms with van der Waals surface area (Å²) in [6.45, 7) is 2.87. The fourth-order valence-corrected chi connectivity index (χ4v) is 3.22. The van der Waals surface area contributed by atoms with E-state index in [0.29, 0.717) is 29.6 Å². The molecule has 0 aliphatic carbocycles. The van der Waals surface area contributed by atoms with Crippen molar-refractivity contribution in [2.24, 2.45) is 0 Å². The summed E-state index contributed by atoms with van der Waals surface area (Å²) < 4.78 is 0. The average molecular weight is 361 g/mol. The van der Waals surface area contributed by atoms with E-state index < -0.39 is 4.92 Å². The van der Waals surface area contributed by atoms with Gasteiger partial charge in [-0.2, -0.15) is 0 Å². The van der Waals surface area contributed by atoms with Crippen molar-refractivity contribution in [2.75, 3.05) is 23.3 Å². The number of aryl methyl sites for hydroxylation is 1. The molecule has 0 radical (unpaired) electrons. The first-order valence-electron chi connectivity index (χ1n) is 7.48. The molecule has 3 rings (SSSR count). The summed E-state index contributed by atoms with van der Waals surface area (Å²) in [6, 6.07) is 4.10. The van der Waals surface area contributed by atoms with Crippen LogP contribution in [0, 0.1) is 17.0 Å². The molecule has 130 valence electrons. The Morgan fingerprint density at radius 1 is 1.52 bits per heavy atom. The SMILES string of the molecule is Cc1ccc([N+](=O)[O-])cc1NC(=O)Cc1csc(N2CCNC2=O)n1. The van der Waals surface area contributed by atoms with Crippen molar-refractivity contribution < 1.29 is 14.5 Å². The molecule has 1 aliphatic rings. The first kappa shape index (κ1) is 16.8. The number of carbonyl (C=O) groups is 2. The van der Waals surface area contributed by atoms with Gasteiger partial charge < -0.3 is 10.6 Å². The molecule has 1 saturated heterocycles. The molecule has 10 heteroatoms. The third-order valence-electron chi connectivity index (χ3n) is 3.68. The van der Waals surface area contributed by atoms with Crippen molar-refractivity contribution in [3.63, 3.8) is 0 Å². The van der Waals surface area contributed by atoms with Crippen LogP contribution in [-0.2, 0) is 11.2 Å². The van der Waals surface area contributed by atoms with Gasteiger partial charge in [0.05, 0.1) is 22.7 Å². The van der Waals surface area contributed by atoms with E-state index >= 15 is 0 Å². The number of nitrogens with zero attached hydrogens (tertiary/aromatic N) is 3. The van der Waals surface area contributed by atoms with Crippen LogP contribution in [0.1, 0.15) is 11.3 Å². The molecule has 2 heterocycles. The van der Waals surface area contributed by atoms with Crippen LogP contribution >= 0.6 is 11.3 Å². The molecule has 2 aromatic rings. The summed E-state index contributed by atoms with van der Waals surface area (Å²) in [4.78, 5) is 40.0. The Hall–Kier alpha value is -3.01. The number of hydrogen-bond acceptors (Lipinski definition) is 6. The van der Waals surface area contributed by atoms with Gasteiger partial charge in [0, 0.05) is 30.6 Å².